The maximum atomic E-state index is 2.87. The molecule has 0 nitrogen and oxygen atoms in total. The summed E-state index contributed by atoms with van der Waals surface area (Å²) in [5.74, 6) is 0. The molecule has 0 bridgehead atoms. The van der Waals surface area contributed by atoms with Crippen LogP contribution in [-0.2, 0) is 16.2 Å². The summed E-state index contributed by atoms with van der Waals surface area (Å²) >= 11 is 0. The van der Waals surface area contributed by atoms with Crippen molar-refractivity contribution < 1.29 is 0 Å². The van der Waals surface area contributed by atoms with E-state index < -0.39 is 22.7 Å². The summed E-state index contributed by atoms with van der Waals surface area (Å²) in [4.78, 5) is 0. The minimum absolute atomic E-state index is 0.103. The van der Waals surface area contributed by atoms with Crippen LogP contribution in [0.25, 0.3) is 0 Å². The second-order valence-electron chi connectivity index (χ2n) is 20.6. The van der Waals surface area contributed by atoms with E-state index in [0.29, 0.717) is 20.2 Å². The normalized spacial score (nSPS) is 16.0. The van der Waals surface area contributed by atoms with Crippen LogP contribution < -0.4 is 5.30 Å². The van der Waals surface area contributed by atoms with Crippen molar-refractivity contribution in [2.24, 2.45) is 0 Å². The lowest BCUT2D eigenvalue weighted by Gasteiger charge is -2.70. The van der Waals surface area contributed by atoms with Crippen molar-refractivity contribution in [3.05, 3.63) is 28.8 Å². The molecule has 0 aromatic heterocycles. The number of rotatable bonds is 4. The lowest BCUT2D eigenvalue weighted by atomic mass is 9.75. The van der Waals surface area contributed by atoms with Crippen LogP contribution in [0.2, 0.25) is 33.2 Å². The van der Waals surface area contributed by atoms with E-state index in [2.05, 4.69) is 171 Å². The highest BCUT2D eigenvalue weighted by atomic mass is 31.4. The Hall–Kier alpha value is 0.301. The van der Waals surface area contributed by atoms with Crippen LogP contribution in [0.1, 0.15) is 162 Å². The topological polar surface area (TPSA) is 0 Å². The maximum absolute atomic E-state index is 2.87. The van der Waals surface area contributed by atoms with Gasteiger partial charge in [0.25, 0.3) is 0 Å². The van der Waals surface area contributed by atoms with Gasteiger partial charge in [0.1, 0.15) is 0 Å². The van der Waals surface area contributed by atoms with Crippen molar-refractivity contribution >= 4 is 36.1 Å². The van der Waals surface area contributed by atoms with Gasteiger partial charge in [-0.15, -0.1) is 7.50 Å². The highest BCUT2D eigenvalue weighted by Crippen LogP contribution is 2.64. The van der Waals surface area contributed by atoms with Gasteiger partial charge in [-0.3, -0.25) is 0 Å². The molecule has 4 heteroatoms. The van der Waals surface area contributed by atoms with E-state index in [9.17, 15) is 0 Å². The summed E-state index contributed by atoms with van der Waals surface area (Å²) in [7, 11) is -3.38. The molecule has 0 aliphatic rings. The van der Waals surface area contributed by atoms with Crippen molar-refractivity contribution in [3.8, 4) is 0 Å². The summed E-state index contributed by atoms with van der Waals surface area (Å²) in [6.45, 7) is 59.2. The molecule has 0 heterocycles. The molecule has 0 amide bonds. The van der Waals surface area contributed by atoms with Crippen molar-refractivity contribution in [1.82, 2.24) is 0 Å². The fourth-order valence-electron chi connectivity index (χ4n) is 7.21. The second-order valence-corrected chi connectivity index (χ2v) is 50.3. The molecule has 0 N–H and O–H groups in total. The molecule has 0 unspecified atom stereocenters. The van der Waals surface area contributed by atoms with E-state index >= 15 is 0 Å². The van der Waals surface area contributed by atoms with E-state index in [1.807, 2.05) is 0 Å². The molecule has 0 fully saturated rings. The number of benzene rings is 1. The first-order valence-electron chi connectivity index (χ1n) is 16.0. The fraction of sp³-hybridized carbons (Fsp3) is 0.833. The molecular formula is C36H72PSi3-. The molecule has 1 rings (SSSR count). The zero-order valence-electron chi connectivity index (χ0n) is 31.7. The number of hydrogen-bond donors (Lipinski definition) is 0. The third kappa shape index (κ3) is 7.16. The molecule has 0 aliphatic heterocycles. The average molecular weight is 620 g/mol. The molecule has 1 aromatic rings. The first-order valence-corrected chi connectivity index (χ1v) is 27.1. The average Bonchev–Trinajstić information content (AvgIpc) is 2.64. The molecule has 234 valence electrons. The lowest BCUT2D eigenvalue weighted by molar-refractivity contribution is 0.554. The Kier molecular flexibility index (Phi) is 10.6. The van der Waals surface area contributed by atoms with E-state index in [1.165, 1.54) is 5.56 Å². The summed E-state index contributed by atoms with van der Waals surface area (Å²) in [6.07, 6.45) is 0. The predicted octanol–water partition coefficient (Wildman–Crippen LogP) is 12.4. The minimum Gasteiger partial charge on any atom is -0.513 e. The first-order chi connectivity index (χ1) is 17.1. The highest BCUT2D eigenvalue weighted by molar-refractivity contribution is 8.07. The molecule has 0 radical (unpaired) electrons. The highest BCUT2D eigenvalue weighted by Gasteiger charge is 2.61. The Morgan fingerprint density at radius 2 is 0.700 bits per heavy atom. The van der Waals surface area contributed by atoms with E-state index in [4.69, 9.17) is 0 Å². The Morgan fingerprint density at radius 1 is 0.450 bits per heavy atom. The third-order valence-corrected chi connectivity index (χ3v) is 67.3. The van der Waals surface area contributed by atoms with Crippen molar-refractivity contribution in [2.45, 2.75) is 195 Å². The largest absolute Gasteiger partial charge is 0.513 e. The van der Waals surface area contributed by atoms with Gasteiger partial charge in [-0.1, -0.05) is 182 Å². The first kappa shape index (κ1) is 38.3. The SMILES string of the molecule is CC(C)(C)c1cc(C(C)(C)C)c([P-][SiH]([Si](C)(C(C)(C)C)C(C)(C)C)[Si](C)(C(C)(C)C)C(C)(C)C)c(C(C)(C)C)c1. The Balaban J connectivity index is 4.57. The summed E-state index contributed by atoms with van der Waals surface area (Å²) in [5.41, 5.74) is 5.06. The smallest absolute Gasteiger partial charge is 0.0217 e. The van der Waals surface area contributed by atoms with Crippen LogP contribution in [0.3, 0.4) is 0 Å². The number of hydrogen-bond acceptors (Lipinski definition) is 0. The molecule has 0 saturated carbocycles. The Labute approximate surface area is 258 Å². The zero-order valence-corrected chi connectivity index (χ0v) is 35.7. The van der Waals surface area contributed by atoms with Gasteiger partial charge in [-0.2, -0.15) is 5.30 Å². The molecule has 0 spiro atoms. The monoisotopic (exact) mass is 619 g/mol. The van der Waals surface area contributed by atoms with Crippen LogP contribution in [0.15, 0.2) is 12.1 Å². The fourth-order valence-corrected chi connectivity index (χ4v) is 81.4. The quantitative estimate of drug-likeness (QED) is 0.232. The van der Waals surface area contributed by atoms with Crippen LogP contribution in [0, 0.1) is 0 Å². The van der Waals surface area contributed by atoms with Gasteiger partial charge in [0, 0.05) is 15.2 Å². The standard InChI is InChI=1S/C36H72PSi3/c1-30(2,3)26-24-27(31(4,5)6)29(28(25-26)32(7,8)9)37-38(39(22,33(10,11)12)34(13,14)15)40(23,35(16,17)18)36(19,20)21/h24-25,38H,1-23H3/q-1. The van der Waals surface area contributed by atoms with Crippen LogP contribution in [0.5, 0.6) is 0 Å². The van der Waals surface area contributed by atoms with Gasteiger partial charge in [-0.25, -0.2) is 0 Å². The molecular weight excluding hydrogens is 548 g/mol. The van der Waals surface area contributed by atoms with E-state index in [-0.39, 0.29) is 16.2 Å². The van der Waals surface area contributed by atoms with Crippen LogP contribution in [-0.4, -0.2) is 22.7 Å². The van der Waals surface area contributed by atoms with Crippen LogP contribution in [0.4, 0.5) is 0 Å². The summed E-state index contributed by atoms with van der Waals surface area (Å²) < 4.78 is 0. The molecule has 0 saturated heterocycles. The Morgan fingerprint density at radius 3 is 0.875 bits per heavy atom. The Bertz CT molecular complexity index is 932. The van der Waals surface area contributed by atoms with Gasteiger partial charge < -0.3 is 8.13 Å². The van der Waals surface area contributed by atoms with Crippen molar-refractivity contribution in [1.29, 1.82) is 0 Å². The van der Waals surface area contributed by atoms with Gasteiger partial charge in [-0.05, 0) is 42.0 Å². The zero-order chi connectivity index (χ0) is 32.5. The van der Waals surface area contributed by atoms with Gasteiger partial charge in [0.2, 0.25) is 0 Å². The van der Waals surface area contributed by atoms with Crippen molar-refractivity contribution in [2.75, 3.05) is 0 Å². The van der Waals surface area contributed by atoms with Crippen LogP contribution >= 0.6 is 8.13 Å². The van der Waals surface area contributed by atoms with Gasteiger partial charge in [0.05, 0.1) is 0 Å². The molecule has 0 atom stereocenters. The van der Waals surface area contributed by atoms with E-state index in [1.54, 1.807) is 24.6 Å². The summed E-state index contributed by atoms with van der Waals surface area (Å²) in [5, 5.41) is 3.08. The minimum atomic E-state index is -1.85. The second kappa shape index (κ2) is 11.0. The lowest BCUT2D eigenvalue weighted by Crippen LogP contribution is -2.74. The van der Waals surface area contributed by atoms with E-state index in [0.717, 1.165) is 0 Å². The van der Waals surface area contributed by atoms with Gasteiger partial charge >= 0.3 is 0 Å². The predicted molar refractivity (Wildman–Crippen MR) is 198 cm³/mol. The van der Waals surface area contributed by atoms with Crippen molar-refractivity contribution in [3.63, 3.8) is 0 Å². The molecule has 1 aromatic carbocycles. The molecule has 40 heavy (non-hydrogen) atoms. The maximum Gasteiger partial charge on any atom is 0.0217 e. The summed E-state index contributed by atoms with van der Waals surface area (Å²) in [6, 6.07) is 5.26. The van der Waals surface area contributed by atoms with Gasteiger partial charge in [0.15, 0.2) is 0 Å². The third-order valence-electron chi connectivity index (χ3n) is 11.2. The molecule has 0 aliphatic carbocycles.